The Bertz CT molecular complexity index is 945. The quantitative estimate of drug-likeness (QED) is 0.712. The van der Waals surface area contributed by atoms with Crippen LogP contribution in [-0.2, 0) is 33.9 Å². The molecule has 0 fully saturated rings. The van der Waals surface area contributed by atoms with Crippen LogP contribution in [0, 0.1) is 0 Å². The Labute approximate surface area is 183 Å². The van der Waals surface area contributed by atoms with Crippen molar-refractivity contribution in [3.63, 3.8) is 0 Å². The Morgan fingerprint density at radius 1 is 1.03 bits per heavy atom. The minimum absolute atomic E-state index is 0.146. The number of hydrogen-bond acceptors (Lipinski definition) is 6. The lowest BCUT2D eigenvalue weighted by molar-refractivity contribution is -0.133. The summed E-state index contributed by atoms with van der Waals surface area (Å²) in [6.07, 6.45) is 3.65. The largest absolute Gasteiger partial charge is 0.491 e. The van der Waals surface area contributed by atoms with Crippen molar-refractivity contribution >= 4 is 5.91 Å². The van der Waals surface area contributed by atoms with Crippen LogP contribution in [0.25, 0.3) is 0 Å². The molecule has 0 unspecified atom stereocenters. The lowest BCUT2D eigenvalue weighted by Gasteiger charge is -2.25. The molecule has 0 aliphatic carbocycles. The third-order valence-electron chi connectivity index (χ3n) is 5.56. The Kier molecular flexibility index (Phi) is 6.72. The van der Waals surface area contributed by atoms with Gasteiger partial charge >= 0.3 is 0 Å². The Morgan fingerprint density at radius 3 is 2.58 bits per heavy atom. The second-order valence-electron chi connectivity index (χ2n) is 7.76. The highest BCUT2D eigenvalue weighted by Gasteiger charge is 2.27. The van der Waals surface area contributed by atoms with Gasteiger partial charge in [0, 0.05) is 37.6 Å². The van der Waals surface area contributed by atoms with Crippen molar-refractivity contribution in [3.8, 4) is 5.75 Å². The molecular formula is C24H29N3O4. The van der Waals surface area contributed by atoms with Crippen LogP contribution in [-0.4, -0.2) is 53.6 Å². The van der Waals surface area contributed by atoms with Gasteiger partial charge in [-0.1, -0.05) is 13.0 Å². The Hall–Kier alpha value is -3.06. The number of ether oxygens (including phenoxy) is 3. The van der Waals surface area contributed by atoms with Crippen molar-refractivity contribution in [1.82, 2.24) is 14.8 Å². The number of fused-ring (bicyclic) bond motifs is 1. The summed E-state index contributed by atoms with van der Waals surface area (Å²) in [6.45, 7) is 8.87. The number of carbonyl (C=O) groups excluding carboxylic acids is 1. The average Bonchev–Trinajstić information content (AvgIpc) is 3.01. The molecule has 0 saturated heterocycles. The number of nitrogens with zero attached hydrogens (tertiary/aromatic N) is 3. The first-order valence-electron chi connectivity index (χ1n) is 10.8. The molecule has 3 heterocycles. The van der Waals surface area contributed by atoms with Gasteiger partial charge in [-0.05, 0) is 48.9 Å². The van der Waals surface area contributed by atoms with E-state index in [1.807, 2.05) is 30.6 Å². The van der Waals surface area contributed by atoms with Gasteiger partial charge in [0.1, 0.15) is 31.3 Å². The van der Waals surface area contributed by atoms with E-state index in [-0.39, 0.29) is 5.91 Å². The molecule has 0 N–H and O–H groups in total. The van der Waals surface area contributed by atoms with Gasteiger partial charge in [0.05, 0.1) is 6.54 Å². The third kappa shape index (κ3) is 5.17. The first kappa shape index (κ1) is 21.2. The number of aromatic nitrogens is 1. The van der Waals surface area contributed by atoms with Crippen LogP contribution >= 0.6 is 0 Å². The standard InChI is InChI=1S/C24H29N3O4/c1-3-26(15-19-6-8-25-9-7-19)16-20-4-5-22-21(14-20)17-27(10-11-30-22)24(28)23-18(2)29-12-13-31-23/h4-9,14H,3,10-13,15-17H2,1-2H3. The van der Waals surface area contributed by atoms with Gasteiger partial charge in [-0.25, -0.2) is 0 Å². The summed E-state index contributed by atoms with van der Waals surface area (Å²) in [4.78, 5) is 21.3. The van der Waals surface area contributed by atoms with E-state index < -0.39 is 0 Å². The fraction of sp³-hybridized carbons (Fsp3) is 0.417. The fourth-order valence-corrected chi connectivity index (χ4v) is 3.87. The number of pyridine rings is 1. The summed E-state index contributed by atoms with van der Waals surface area (Å²) < 4.78 is 17.0. The van der Waals surface area contributed by atoms with Crippen LogP contribution in [0.3, 0.4) is 0 Å². The molecule has 1 aromatic carbocycles. The lowest BCUT2D eigenvalue weighted by Crippen LogP contribution is -2.36. The molecule has 31 heavy (non-hydrogen) atoms. The predicted octanol–water partition coefficient (Wildman–Crippen LogP) is 3.10. The normalized spacial score (nSPS) is 16.2. The second-order valence-corrected chi connectivity index (χ2v) is 7.76. The van der Waals surface area contributed by atoms with Crippen molar-refractivity contribution in [3.05, 3.63) is 70.9 Å². The number of carbonyl (C=O) groups is 1. The molecule has 1 aromatic heterocycles. The van der Waals surface area contributed by atoms with Crippen LogP contribution in [0.15, 0.2) is 54.2 Å². The van der Waals surface area contributed by atoms with Crippen molar-refractivity contribution in [2.24, 2.45) is 0 Å². The molecule has 0 bridgehead atoms. The number of benzene rings is 1. The SMILES string of the molecule is CCN(Cc1ccncc1)Cc1ccc2c(c1)CN(C(=O)C1=C(C)OCCO1)CCO2. The van der Waals surface area contributed by atoms with Crippen LogP contribution in [0.1, 0.15) is 30.5 Å². The van der Waals surface area contributed by atoms with E-state index in [1.54, 1.807) is 11.8 Å². The molecule has 0 atom stereocenters. The highest BCUT2D eigenvalue weighted by Crippen LogP contribution is 2.27. The van der Waals surface area contributed by atoms with E-state index in [9.17, 15) is 4.79 Å². The van der Waals surface area contributed by atoms with E-state index in [2.05, 4.69) is 28.9 Å². The number of hydrogen-bond donors (Lipinski definition) is 0. The molecule has 0 radical (unpaired) electrons. The third-order valence-corrected chi connectivity index (χ3v) is 5.56. The van der Waals surface area contributed by atoms with Crippen LogP contribution in [0.5, 0.6) is 5.75 Å². The van der Waals surface area contributed by atoms with Gasteiger partial charge in [-0.3, -0.25) is 14.7 Å². The molecular weight excluding hydrogens is 394 g/mol. The number of allylic oxidation sites excluding steroid dienone is 1. The van der Waals surface area contributed by atoms with E-state index in [0.717, 1.165) is 30.9 Å². The lowest BCUT2D eigenvalue weighted by atomic mass is 10.1. The minimum atomic E-state index is -0.146. The predicted molar refractivity (Wildman–Crippen MR) is 116 cm³/mol. The molecule has 164 valence electrons. The first-order chi connectivity index (χ1) is 15.1. The van der Waals surface area contributed by atoms with Crippen molar-refractivity contribution in [2.75, 3.05) is 32.9 Å². The summed E-state index contributed by atoms with van der Waals surface area (Å²) in [5.74, 6) is 1.54. The maximum absolute atomic E-state index is 13.0. The van der Waals surface area contributed by atoms with Crippen molar-refractivity contribution in [2.45, 2.75) is 33.5 Å². The zero-order valence-corrected chi connectivity index (χ0v) is 18.2. The van der Waals surface area contributed by atoms with E-state index >= 15 is 0 Å². The van der Waals surface area contributed by atoms with Crippen molar-refractivity contribution < 1.29 is 19.0 Å². The highest BCUT2D eigenvalue weighted by atomic mass is 16.6. The summed E-state index contributed by atoms with van der Waals surface area (Å²) >= 11 is 0. The summed E-state index contributed by atoms with van der Waals surface area (Å²) in [5.41, 5.74) is 3.45. The zero-order valence-electron chi connectivity index (χ0n) is 18.2. The smallest absolute Gasteiger partial charge is 0.292 e. The molecule has 0 spiro atoms. The molecule has 2 aromatic rings. The summed E-state index contributed by atoms with van der Waals surface area (Å²) in [7, 11) is 0. The Balaban J connectivity index is 1.49. The van der Waals surface area contributed by atoms with Gasteiger partial charge in [0.25, 0.3) is 5.91 Å². The molecule has 2 aliphatic heterocycles. The zero-order chi connectivity index (χ0) is 21.6. The van der Waals surface area contributed by atoms with Gasteiger partial charge < -0.3 is 19.1 Å². The number of amides is 1. The second kappa shape index (κ2) is 9.83. The topological polar surface area (TPSA) is 64.1 Å². The fourth-order valence-electron chi connectivity index (χ4n) is 3.87. The van der Waals surface area contributed by atoms with Crippen LogP contribution in [0.4, 0.5) is 0 Å². The molecule has 2 aliphatic rings. The van der Waals surface area contributed by atoms with E-state index in [4.69, 9.17) is 14.2 Å². The van der Waals surface area contributed by atoms with Gasteiger partial charge in [-0.2, -0.15) is 0 Å². The van der Waals surface area contributed by atoms with Crippen LogP contribution < -0.4 is 4.74 Å². The van der Waals surface area contributed by atoms with Crippen molar-refractivity contribution in [1.29, 1.82) is 0 Å². The monoisotopic (exact) mass is 423 g/mol. The maximum Gasteiger partial charge on any atom is 0.292 e. The Morgan fingerprint density at radius 2 is 1.81 bits per heavy atom. The van der Waals surface area contributed by atoms with Gasteiger partial charge in [0.2, 0.25) is 5.76 Å². The molecule has 0 saturated carbocycles. The van der Waals surface area contributed by atoms with E-state index in [0.29, 0.717) is 44.4 Å². The number of rotatable bonds is 6. The summed E-state index contributed by atoms with van der Waals surface area (Å²) in [5, 5.41) is 0. The first-order valence-corrected chi connectivity index (χ1v) is 10.8. The van der Waals surface area contributed by atoms with Gasteiger partial charge in [0.15, 0.2) is 0 Å². The molecule has 4 rings (SSSR count). The average molecular weight is 424 g/mol. The molecule has 7 nitrogen and oxygen atoms in total. The van der Waals surface area contributed by atoms with Crippen LogP contribution in [0.2, 0.25) is 0 Å². The van der Waals surface area contributed by atoms with Gasteiger partial charge in [-0.15, -0.1) is 0 Å². The van der Waals surface area contributed by atoms with E-state index in [1.165, 1.54) is 11.1 Å². The highest BCUT2D eigenvalue weighted by molar-refractivity contribution is 5.92. The summed E-state index contributed by atoms with van der Waals surface area (Å²) in [6, 6.07) is 10.4. The molecule has 7 heteroatoms. The molecule has 1 amide bonds. The maximum atomic E-state index is 13.0. The minimum Gasteiger partial charge on any atom is -0.491 e.